The smallest absolute Gasteiger partial charge is 0.242 e. The molecule has 4 nitrogen and oxygen atoms in total. The standard InChI is InChI=1S/C10H18N2O2S/c1-3-7(11)6-15-8-5-9(13)12(4-2)10(8)14/h7-8H,3-6,11H2,1-2H3. The molecule has 1 rings (SSSR count). The zero-order valence-electron chi connectivity index (χ0n) is 9.23. The molecule has 0 bridgehead atoms. The average molecular weight is 230 g/mol. The molecule has 0 saturated carbocycles. The van der Waals surface area contributed by atoms with Gasteiger partial charge in [0.05, 0.1) is 5.25 Å². The predicted octanol–water partition coefficient (Wildman–Crippen LogP) is 0.604. The molecule has 2 N–H and O–H groups in total. The van der Waals surface area contributed by atoms with Gasteiger partial charge in [-0.05, 0) is 13.3 Å². The third-order valence-electron chi connectivity index (χ3n) is 2.55. The lowest BCUT2D eigenvalue weighted by molar-refractivity contribution is -0.137. The van der Waals surface area contributed by atoms with Gasteiger partial charge in [0.1, 0.15) is 0 Å². The van der Waals surface area contributed by atoms with Crippen LogP contribution < -0.4 is 5.73 Å². The molecule has 1 fully saturated rings. The number of amides is 2. The van der Waals surface area contributed by atoms with Crippen molar-refractivity contribution in [3.05, 3.63) is 0 Å². The Balaban J connectivity index is 2.45. The van der Waals surface area contributed by atoms with Gasteiger partial charge in [-0.3, -0.25) is 14.5 Å². The first-order valence-corrected chi connectivity index (χ1v) is 6.36. The van der Waals surface area contributed by atoms with Crippen LogP contribution in [0, 0.1) is 0 Å². The fraction of sp³-hybridized carbons (Fsp3) is 0.800. The van der Waals surface area contributed by atoms with E-state index in [1.165, 1.54) is 16.7 Å². The second-order valence-electron chi connectivity index (χ2n) is 3.67. The summed E-state index contributed by atoms with van der Waals surface area (Å²) >= 11 is 1.51. The van der Waals surface area contributed by atoms with Gasteiger partial charge in [-0.25, -0.2) is 0 Å². The Morgan fingerprint density at radius 2 is 2.20 bits per heavy atom. The van der Waals surface area contributed by atoms with Gasteiger partial charge in [0.15, 0.2) is 0 Å². The molecule has 15 heavy (non-hydrogen) atoms. The monoisotopic (exact) mass is 230 g/mol. The Labute approximate surface area is 94.6 Å². The Bertz CT molecular complexity index is 258. The molecule has 0 aromatic rings. The molecule has 1 heterocycles. The summed E-state index contributed by atoms with van der Waals surface area (Å²) in [4.78, 5) is 24.4. The molecule has 0 aromatic carbocycles. The van der Waals surface area contributed by atoms with Gasteiger partial charge in [0.2, 0.25) is 11.8 Å². The molecular formula is C10H18N2O2S. The maximum absolute atomic E-state index is 11.7. The normalized spacial score (nSPS) is 23.7. The van der Waals surface area contributed by atoms with Gasteiger partial charge in [-0.15, -0.1) is 11.8 Å². The molecule has 2 unspecified atom stereocenters. The molecule has 86 valence electrons. The van der Waals surface area contributed by atoms with E-state index in [0.717, 1.165) is 12.2 Å². The third kappa shape index (κ3) is 2.95. The van der Waals surface area contributed by atoms with Crippen LogP contribution in [-0.2, 0) is 9.59 Å². The van der Waals surface area contributed by atoms with E-state index in [1.807, 2.05) is 13.8 Å². The highest BCUT2D eigenvalue weighted by atomic mass is 32.2. The number of nitrogens with zero attached hydrogens (tertiary/aromatic N) is 1. The highest BCUT2D eigenvalue weighted by Gasteiger charge is 2.37. The second kappa shape index (κ2) is 5.51. The highest BCUT2D eigenvalue weighted by molar-refractivity contribution is 8.00. The topological polar surface area (TPSA) is 63.4 Å². The molecule has 0 radical (unpaired) electrons. The quantitative estimate of drug-likeness (QED) is 0.703. The molecule has 1 aliphatic rings. The second-order valence-corrected chi connectivity index (χ2v) is 4.91. The number of hydrogen-bond acceptors (Lipinski definition) is 4. The summed E-state index contributed by atoms with van der Waals surface area (Å²) in [5.41, 5.74) is 5.77. The largest absolute Gasteiger partial charge is 0.327 e. The van der Waals surface area contributed by atoms with Crippen molar-refractivity contribution in [1.82, 2.24) is 4.90 Å². The highest BCUT2D eigenvalue weighted by Crippen LogP contribution is 2.25. The van der Waals surface area contributed by atoms with E-state index in [2.05, 4.69) is 0 Å². The van der Waals surface area contributed by atoms with Crippen LogP contribution in [0.2, 0.25) is 0 Å². The summed E-state index contributed by atoms with van der Waals surface area (Å²) in [6, 6.07) is 0.119. The van der Waals surface area contributed by atoms with E-state index in [-0.39, 0.29) is 23.1 Å². The van der Waals surface area contributed by atoms with Gasteiger partial charge in [0, 0.05) is 24.8 Å². The number of likely N-dealkylation sites (tertiary alicyclic amines) is 1. The lowest BCUT2D eigenvalue weighted by Gasteiger charge is -2.13. The Kier molecular flexibility index (Phi) is 4.60. The fourth-order valence-corrected chi connectivity index (χ4v) is 2.72. The Morgan fingerprint density at radius 3 is 2.67 bits per heavy atom. The van der Waals surface area contributed by atoms with Crippen molar-refractivity contribution in [2.24, 2.45) is 5.73 Å². The van der Waals surface area contributed by atoms with Crippen LogP contribution in [-0.4, -0.2) is 40.3 Å². The van der Waals surface area contributed by atoms with Crippen LogP contribution in [0.5, 0.6) is 0 Å². The number of carbonyl (C=O) groups is 2. The molecule has 0 aromatic heterocycles. The van der Waals surface area contributed by atoms with E-state index >= 15 is 0 Å². The molecule has 5 heteroatoms. The molecule has 2 atom stereocenters. The Morgan fingerprint density at radius 1 is 1.53 bits per heavy atom. The average Bonchev–Trinajstić information content (AvgIpc) is 2.50. The van der Waals surface area contributed by atoms with Gasteiger partial charge < -0.3 is 5.73 Å². The zero-order chi connectivity index (χ0) is 11.4. The first-order chi connectivity index (χ1) is 7.10. The van der Waals surface area contributed by atoms with Crippen LogP contribution in [0.1, 0.15) is 26.7 Å². The number of hydrogen-bond donors (Lipinski definition) is 1. The number of carbonyl (C=O) groups excluding carboxylic acids is 2. The van der Waals surface area contributed by atoms with Crippen LogP contribution in [0.15, 0.2) is 0 Å². The van der Waals surface area contributed by atoms with Crippen LogP contribution in [0.3, 0.4) is 0 Å². The first-order valence-electron chi connectivity index (χ1n) is 5.31. The van der Waals surface area contributed by atoms with Crippen molar-refractivity contribution in [3.63, 3.8) is 0 Å². The van der Waals surface area contributed by atoms with Crippen molar-refractivity contribution in [3.8, 4) is 0 Å². The van der Waals surface area contributed by atoms with Crippen molar-refractivity contribution < 1.29 is 9.59 Å². The van der Waals surface area contributed by atoms with Crippen LogP contribution in [0.25, 0.3) is 0 Å². The van der Waals surface area contributed by atoms with E-state index in [4.69, 9.17) is 5.73 Å². The number of thioether (sulfide) groups is 1. The Hall–Kier alpha value is -0.550. The third-order valence-corrected chi connectivity index (χ3v) is 3.95. The number of rotatable bonds is 5. The molecule has 0 aliphatic carbocycles. The van der Waals surface area contributed by atoms with Crippen molar-refractivity contribution in [1.29, 1.82) is 0 Å². The van der Waals surface area contributed by atoms with Crippen molar-refractivity contribution >= 4 is 23.6 Å². The van der Waals surface area contributed by atoms with Gasteiger partial charge in [-0.1, -0.05) is 6.92 Å². The SMILES string of the molecule is CCC(N)CSC1CC(=O)N(CC)C1=O. The number of nitrogens with two attached hydrogens (primary N) is 1. The summed E-state index contributed by atoms with van der Waals surface area (Å²) < 4.78 is 0. The van der Waals surface area contributed by atoms with Crippen molar-refractivity contribution in [2.45, 2.75) is 38.0 Å². The minimum absolute atomic E-state index is 0.0456. The summed E-state index contributed by atoms with van der Waals surface area (Å²) in [5, 5.41) is -0.199. The van der Waals surface area contributed by atoms with Gasteiger partial charge in [-0.2, -0.15) is 0 Å². The maximum Gasteiger partial charge on any atom is 0.242 e. The lowest BCUT2D eigenvalue weighted by Crippen LogP contribution is -2.31. The number of imide groups is 1. The van der Waals surface area contributed by atoms with E-state index in [9.17, 15) is 9.59 Å². The van der Waals surface area contributed by atoms with E-state index in [1.54, 1.807) is 0 Å². The predicted molar refractivity (Wildman–Crippen MR) is 61.5 cm³/mol. The molecule has 1 aliphatic heterocycles. The minimum Gasteiger partial charge on any atom is -0.327 e. The summed E-state index contributed by atoms with van der Waals surface area (Å²) in [6.45, 7) is 4.32. The van der Waals surface area contributed by atoms with Gasteiger partial charge >= 0.3 is 0 Å². The molecule has 2 amide bonds. The maximum atomic E-state index is 11.7. The minimum atomic E-state index is -0.199. The zero-order valence-corrected chi connectivity index (χ0v) is 10.0. The molecule has 0 spiro atoms. The summed E-state index contributed by atoms with van der Waals surface area (Å²) in [5.74, 6) is 0.651. The molecule has 1 saturated heterocycles. The molecular weight excluding hydrogens is 212 g/mol. The summed E-state index contributed by atoms with van der Waals surface area (Å²) in [7, 11) is 0. The summed E-state index contributed by atoms with van der Waals surface area (Å²) in [6.07, 6.45) is 1.24. The van der Waals surface area contributed by atoms with E-state index in [0.29, 0.717) is 13.0 Å². The van der Waals surface area contributed by atoms with Crippen LogP contribution >= 0.6 is 11.8 Å². The first kappa shape index (κ1) is 12.5. The van der Waals surface area contributed by atoms with Crippen LogP contribution in [0.4, 0.5) is 0 Å². The lowest BCUT2D eigenvalue weighted by atomic mass is 10.3. The fourth-order valence-electron chi connectivity index (χ4n) is 1.47. The van der Waals surface area contributed by atoms with Crippen molar-refractivity contribution in [2.75, 3.05) is 12.3 Å². The van der Waals surface area contributed by atoms with Gasteiger partial charge in [0.25, 0.3) is 0 Å². The van der Waals surface area contributed by atoms with E-state index < -0.39 is 0 Å².